The number of hydrogen-bond acceptors (Lipinski definition) is 3. The first-order valence-corrected chi connectivity index (χ1v) is 2.43. The standard InChI is InChI=1S/C6H9NO2/c1-7(2)5-4-6(8)9-3/h1-3H3. The van der Waals surface area contributed by atoms with E-state index in [1.165, 1.54) is 7.11 Å². The Bertz CT molecular complexity index is 152. The van der Waals surface area contributed by atoms with Crippen molar-refractivity contribution in [2.24, 2.45) is 0 Å². The Kier molecular flexibility index (Phi) is 3.29. The second kappa shape index (κ2) is 3.79. The Morgan fingerprint density at radius 1 is 1.56 bits per heavy atom. The molecule has 0 aromatic heterocycles. The normalized spacial score (nSPS) is 7.00. The number of rotatable bonds is 0. The maximum absolute atomic E-state index is 10.3. The second-order valence-corrected chi connectivity index (χ2v) is 1.62. The highest BCUT2D eigenvalue weighted by atomic mass is 16.5. The lowest BCUT2D eigenvalue weighted by Gasteiger charge is -1.96. The van der Waals surface area contributed by atoms with Crippen molar-refractivity contribution in [1.82, 2.24) is 4.90 Å². The van der Waals surface area contributed by atoms with E-state index in [2.05, 4.69) is 16.7 Å². The molecule has 0 aliphatic carbocycles. The van der Waals surface area contributed by atoms with Gasteiger partial charge in [0.15, 0.2) is 0 Å². The van der Waals surface area contributed by atoms with Gasteiger partial charge in [-0.15, -0.1) is 0 Å². The Balaban J connectivity index is 3.73. The molecule has 3 heteroatoms. The van der Waals surface area contributed by atoms with Crippen molar-refractivity contribution in [3.05, 3.63) is 0 Å². The van der Waals surface area contributed by atoms with Gasteiger partial charge in [-0.3, -0.25) is 0 Å². The van der Waals surface area contributed by atoms with Gasteiger partial charge in [0.2, 0.25) is 0 Å². The predicted molar refractivity (Wildman–Crippen MR) is 33.5 cm³/mol. The van der Waals surface area contributed by atoms with E-state index >= 15 is 0 Å². The molecule has 0 aromatic carbocycles. The number of carbonyl (C=O) groups is 1. The third-order valence-electron chi connectivity index (χ3n) is 0.567. The van der Waals surface area contributed by atoms with Crippen LogP contribution in [0, 0.1) is 12.0 Å². The zero-order chi connectivity index (χ0) is 7.28. The molecule has 0 spiro atoms. The summed E-state index contributed by atoms with van der Waals surface area (Å²) in [6.45, 7) is 0. The van der Waals surface area contributed by atoms with Crippen LogP contribution in [0.25, 0.3) is 0 Å². The summed E-state index contributed by atoms with van der Waals surface area (Å²) >= 11 is 0. The van der Waals surface area contributed by atoms with Crippen molar-refractivity contribution in [3.8, 4) is 12.0 Å². The summed E-state index contributed by atoms with van der Waals surface area (Å²) in [6, 6.07) is 2.50. The van der Waals surface area contributed by atoms with E-state index in [1.54, 1.807) is 19.0 Å². The van der Waals surface area contributed by atoms with Crippen LogP contribution in [0.4, 0.5) is 0 Å². The monoisotopic (exact) mass is 127 g/mol. The van der Waals surface area contributed by atoms with E-state index in [1.807, 2.05) is 0 Å². The Morgan fingerprint density at radius 2 is 2.11 bits per heavy atom. The molecule has 9 heavy (non-hydrogen) atoms. The minimum Gasteiger partial charge on any atom is -0.459 e. The minimum absolute atomic E-state index is 0.510. The van der Waals surface area contributed by atoms with Crippen LogP contribution < -0.4 is 0 Å². The SMILES string of the molecule is COC(=O)C#CN(C)C. The molecule has 0 aromatic rings. The molecular weight excluding hydrogens is 118 g/mol. The van der Waals surface area contributed by atoms with Crippen LogP contribution >= 0.6 is 0 Å². The van der Waals surface area contributed by atoms with Crippen molar-refractivity contribution in [2.45, 2.75) is 0 Å². The van der Waals surface area contributed by atoms with Crippen molar-refractivity contribution in [2.75, 3.05) is 21.2 Å². The molecular formula is C6H9NO2. The van der Waals surface area contributed by atoms with Crippen LogP contribution in [0.1, 0.15) is 0 Å². The van der Waals surface area contributed by atoms with Gasteiger partial charge in [0.25, 0.3) is 0 Å². The lowest BCUT2D eigenvalue weighted by Crippen LogP contribution is -2.03. The smallest absolute Gasteiger partial charge is 0.385 e. The van der Waals surface area contributed by atoms with E-state index in [4.69, 9.17) is 0 Å². The second-order valence-electron chi connectivity index (χ2n) is 1.62. The van der Waals surface area contributed by atoms with E-state index in [-0.39, 0.29) is 0 Å². The Hall–Kier alpha value is -1.17. The van der Waals surface area contributed by atoms with Crippen molar-refractivity contribution < 1.29 is 9.53 Å². The maximum Gasteiger partial charge on any atom is 0.385 e. The zero-order valence-electron chi connectivity index (χ0n) is 5.76. The summed E-state index contributed by atoms with van der Waals surface area (Å²) in [7, 11) is 4.79. The van der Waals surface area contributed by atoms with Gasteiger partial charge in [-0.1, -0.05) is 0 Å². The number of carbonyl (C=O) groups excluding carboxylic acids is 1. The summed E-state index contributed by atoms with van der Waals surface area (Å²) in [5.41, 5.74) is 0. The summed E-state index contributed by atoms with van der Waals surface area (Å²) < 4.78 is 4.26. The summed E-state index contributed by atoms with van der Waals surface area (Å²) in [5, 5.41) is 0. The van der Waals surface area contributed by atoms with E-state index in [0.717, 1.165) is 0 Å². The number of nitrogens with zero attached hydrogens (tertiary/aromatic N) is 1. The van der Waals surface area contributed by atoms with Gasteiger partial charge < -0.3 is 9.64 Å². The molecule has 0 saturated heterocycles. The average molecular weight is 127 g/mol. The summed E-state index contributed by atoms with van der Waals surface area (Å²) in [5.74, 6) is 1.74. The van der Waals surface area contributed by atoms with Crippen LogP contribution in [0.15, 0.2) is 0 Å². The molecule has 0 amide bonds. The van der Waals surface area contributed by atoms with Gasteiger partial charge >= 0.3 is 5.97 Å². The van der Waals surface area contributed by atoms with Gasteiger partial charge in [-0.25, -0.2) is 4.79 Å². The van der Waals surface area contributed by atoms with E-state index < -0.39 is 5.97 Å². The van der Waals surface area contributed by atoms with Gasteiger partial charge in [-0.2, -0.15) is 0 Å². The molecule has 3 nitrogen and oxygen atoms in total. The molecule has 0 atom stereocenters. The summed E-state index contributed by atoms with van der Waals surface area (Å²) in [4.78, 5) is 11.9. The van der Waals surface area contributed by atoms with Gasteiger partial charge in [0.1, 0.15) is 0 Å². The number of methoxy groups -OCH3 is 1. The highest BCUT2D eigenvalue weighted by Gasteiger charge is 1.87. The number of esters is 1. The van der Waals surface area contributed by atoms with Crippen molar-refractivity contribution in [3.63, 3.8) is 0 Å². The Labute approximate surface area is 54.6 Å². The molecule has 0 fully saturated rings. The molecule has 0 radical (unpaired) electrons. The van der Waals surface area contributed by atoms with Gasteiger partial charge in [0.05, 0.1) is 7.11 Å². The molecule has 50 valence electrons. The molecule has 0 aliphatic rings. The largest absolute Gasteiger partial charge is 0.459 e. The molecule has 0 saturated carbocycles. The molecule has 0 unspecified atom stereocenters. The zero-order valence-corrected chi connectivity index (χ0v) is 5.76. The van der Waals surface area contributed by atoms with Crippen LogP contribution in [0.2, 0.25) is 0 Å². The minimum atomic E-state index is -0.510. The van der Waals surface area contributed by atoms with Gasteiger partial charge in [0, 0.05) is 26.1 Å². The topological polar surface area (TPSA) is 29.5 Å². The first kappa shape index (κ1) is 7.83. The number of ether oxygens (including phenoxy) is 1. The molecule has 0 heterocycles. The first-order chi connectivity index (χ1) is 4.16. The molecule has 0 N–H and O–H groups in total. The molecule has 0 bridgehead atoms. The van der Waals surface area contributed by atoms with Gasteiger partial charge in [-0.05, 0) is 0 Å². The van der Waals surface area contributed by atoms with Crippen LogP contribution in [0.5, 0.6) is 0 Å². The average Bonchev–Trinajstić information content (AvgIpc) is 1.83. The van der Waals surface area contributed by atoms with Crippen molar-refractivity contribution >= 4 is 5.97 Å². The van der Waals surface area contributed by atoms with Crippen LogP contribution in [0.3, 0.4) is 0 Å². The highest BCUT2D eigenvalue weighted by Crippen LogP contribution is 1.69. The van der Waals surface area contributed by atoms with E-state index in [9.17, 15) is 4.79 Å². The fourth-order valence-electron chi connectivity index (χ4n) is 0.208. The quantitative estimate of drug-likeness (QED) is 0.254. The maximum atomic E-state index is 10.3. The van der Waals surface area contributed by atoms with Crippen LogP contribution in [-0.4, -0.2) is 32.1 Å². The Morgan fingerprint density at radius 3 is 2.44 bits per heavy atom. The predicted octanol–water partition coefficient (Wildman–Crippen LogP) is -0.318. The fraction of sp³-hybridized carbons (Fsp3) is 0.500. The van der Waals surface area contributed by atoms with Crippen LogP contribution in [-0.2, 0) is 9.53 Å². The molecule has 0 rings (SSSR count). The number of hydrogen-bond donors (Lipinski definition) is 0. The lowest BCUT2D eigenvalue weighted by molar-refractivity contribution is -0.133. The van der Waals surface area contributed by atoms with Crippen molar-refractivity contribution in [1.29, 1.82) is 0 Å². The summed E-state index contributed by atoms with van der Waals surface area (Å²) in [6.07, 6.45) is 0. The van der Waals surface area contributed by atoms with E-state index in [0.29, 0.717) is 0 Å². The fourth-order valence-corrected chi connectivity index (χ4v) is 0.208. The molecule has 0 aliphatic heterocycles. The highest BCUT2D eigenvalue weighted by molar-refractivity contribution is 5.88. The third-order valence-corrected chi connectivity index (χ3v) is 0.567. The lowest BCUT2D eigenvalue weighted by atomic mass is 10.7. The third kappa shape index (κ3) is 4.69. The first-order valence-electron chi connectivity index (χ1n) is 2.43.